The number of hydrogen-bond acceptors (Lipinski definition) is 4. The van der Waals surface area contributed by atoms with Gasteiger partial charge in [-0.3, -0.25) is 4.79 Å². The Hall–Kier alpha value is -2.40. The lowest BCUT2D eigenvalue weighted by Gasteiger charge is -2.29. The highest BCUT2D eigenvalue weighted by Crippen LogP contribution is 2.44. The average Bonchev–Trinajstić information content (AvgIpc) is 3.16. The Bertz CT molecular complexity index is 758. The van der Waals surface area contributed by atoms with Gasteiger partial charge in [0.15, 0.2) is 0 Å². The van der Waals surface area contributed by atoms with E-state index in [1.54, 1.807) is 18.3 Å². The van der Waals surface area contributed by atoms with Crippen molar-refractivity contribution < 1.29 is 4.79 Å². The van der Waals surface area contributed by atoms with E-state index in [0.717, 1.165) is 19.6 Å². The number of likely N-dealkylation sites (tertiary alicyclic amines) is 1. The van der Waals surface area contributed by atoms with E-state index in [1.807, 2.05) is 11.0 Å². The van der Waals surface area contributed by atoms with Crippen molar-refractivity contribution in [2.45, 2.75) is 13.0 Å². The summed E-state index contributed by atoms with van der Waals surface area (Å²) in [7, 11) is 0. The second-order valence-corrected chi connectivity index (χ2v) is 6.81. The molecule has 3 heterocycles. The Morgan fingerprint density at radius 3 is 2.83 bits per heavy atom. The summed E-state index contributed by atoms with van der Waals surface area (Å²) in [6.07, 6.45) is 1.58. The lowest BCUT2D eigenvalue weighted by molar-refractivity contribution is 0.0713. The summed E-state index contributed by atoms with van der Waals surface area (Å²) in [6.45, 7) is 4.86. The first-order valence-corrected chi connectivity index (χ1v) is 8.44. The van der Waals surface area contributed by atoms with Gasteiger partial charge in [0.25, 0.3) is 5.91 Å². The molecule has 24 heavy (non-hydrogen) atoms. The van der Waals surface area contributed by atoms with E-state index >= 15 is 0 Å². The Kier molecular flexibility index (Phi) is 3.73. The molecule has 5 nitrogen and oxygen atoms in total. The second kappa shape index (κ2) is 5.91. The maximum atomic E-state index is 13.1. The van der Waals surface area contributed by atoms with Gasteiger partial charge in [0, 0.05) is 31.7 Å². The van der Waals surface area contributed by atoms with E-state index in [0.29, 0.717) is 23.2 Å². The van der Waals surface area contributed by atoms with Gasteiger partial charge in [0.2, 0.25) is 0 Å². The monoisotopic (exact) mass is 322 g/mol. The van der Waals surface area contributed by atoms with E-state index < -0.39 is 0 Å². The standard InChI is InChI=1S/C19H22N4O/c1-12-4-2-3-5-15(12)18-16-10-21-8-14(16)11-23(18)19(24)13-6-7-17(20)22-9-13/h2-7,9,14,16,18,21H,8,10-11H2,1H3,(H2,20,22)/t14-,16-,18+/m0/s1. The number of benzene rings is 1. The van der Waals surface area contributed by atoms with Crippen molar-refractivity contribution in [3.05, 3.63) is 59.3 Å². The van der Waals surface area contributed by atoms with Crippen LogP contribution in [0.15, 0.2) is 42.6 Å². The predicted molar refractivity (Wildman–Crippen MR) is 93.5 cm³/mol. The maximum absolute atomic E-state index is 13.1. The van der Waals surface area contributed by atoms with Gasteiger partial charge < -0.3 is 16.0 Å². The fourth-order valence-electron chi connectivity index (χ4n) is 4.14. The molecular formula is C19H22N4O. The molecule has 1 aromatic carbocycles. The normalized spacial score (nSPS) is 25.7. The van der Waals surface area contributed by atoms with E-state index in [-0.39, 0.29) is 11.9 Å². The molecule has 2 aliphatic heterocycles. The zero-order valence-electron chi connectivity index (χ0n) is 13.8. The van der Waals surface area contributed by atoms with Crippen LogP contribution >= 0.6 is 0 Å². The first-order valence-electron chi connectivity index (χ1n) is 8.44. The maximum Gasteiger partial charge on any atom is 0.255 e. The van der Waals surface area contributed by atoms with Crippen LogP contribution in [0.5, 0.6) is 0 Å². The molecule has 0 aliphatic carbocycles. The third-order valence-corrected chi connectivity index (χ3v) is 5.37. The molecule has 0 radical (unpaired) electrons. The molecule has 5 heteroatoms. The van der Waals surface area contributed by atoms with Gasteiger partial charge >= 0.3 is 0 Å². The number of pyridine rings is 1. The summed E-state index contributed by atoms with van der Waals surface area (Å²) < 4.78 is 0. The Balaban J connectivity index is 1.72. The lowest BCUT2D eigenvalue weighted by atomic mass is 9.87. The molecular weight excluding hydrogens is 300 g/mol. The molecule has 0 bridgehead atoms. The smallest absolute Gasteiger partial charge is 0.255 e. The molecule has 1 aromatic heterocycles. The van der Waals surface area contributed by atoms with Crippen LogP contribution < -0.4 is 11.1 Å². The number of aromatic nitrogens is 1. The van der Waals surface area contributed by atoms with Crippen LogP contribution in [0.4, 0.5) is 5.82 Å². The van der Waals surface area contributed by atoms with Crippen LogP contribution in [-0.2, 0) is 0 Å². The van der Waals surface area contributed by atoms with Crippen LogP contribution in [0.3, 0.4) is 0 Å². The third-order valence-electron chi connectivity index (χ3n) is 5.37. The van der Waals surface area contributed by atoms with Crippen LogP contribution in [0, 0.1) is 18.8 Å². The summed E-state index contributed by atoms with van der Waals surface area (Å²) in [6, 6.07) is 12.0. The number of rotatable bonds is 2. The number of carbonyl (C=O) groups excluding carboxylic acids is 1. The predicted octanol–water partition coefficient (Wildman–Crippen LogP) is 2.00. The van der Waals surface area contributed by atoms with Gasteiger partial charge in [0.1, 0.15) is 5.82 Å². The Morgan fingerprint density at radius 2 is 2.08 bits per heavy atom. The van der Waals surface area contributed by atoms with E-state index in [2.05, 4.69) is 35.4 Å². The largest absolute Gasteiger partial charge is 0.384 e. The Morgan fingerprint density at radius 1 is 1.25 bits per heavy atom. The number of nitrogens with zero attached hydrogens (tertiary/aromatic N) is 2. The Labute approximate surface area is 141 Å². The number of hydrogen-bond donors (Lipinski definition) is 2. The SMILES string of the molecule is Cc1ccccc1[C@@H]1[C@H]2CNC[C@H]2CN1C(=O)c1ccc(N)nc1. The van der Waals surface area contributed by atoms with Gasteiger partial charge in [-0.05, 0) is 36.1 Å². The van der Waals surface area contributed by atoms with Crippen molar-refractivity contribution in [1.29, 1.82) is 0 Å². The van der Waals surface area contributed by atoms with Crippen molar-refractivity contribution in [2.75, 3.05) is 25.4 Å². The van der Waals surface area contributed by atoms with Crippen LogP contribution in [0.25, 0.3) is 0 Å². The highest BCUT2D eigenvalue weighted by atomic mass is 16.2. The summed E-state index contributed by atoms with van der Waals surface area (Å²) in [5, 5.41) is 3.48. The number of aryl methyl sites for hydroxylation is 1. The van der Waals surface area contributed by atoms with Crippen molar-refractivity contribution in [1.82, 2.24) is 15.2 Å². The van der Waals surface area contributed by atoms with Crippen molar-refractivity contribution >= 4 is 11.7 Å². The molecule has 2 aromatic rings. The average molecular weight is 322 g/mol. The van der Waals surface area contributed by atoms with E-state index in [4.69, 9.17) is 5.73 Å². The fourth-order valence-corrected chi connectivity index (χ4v) is 4.14. The zero-order chi connectivity index (χ0) is 16.7. The highest BCUT2D eigenvalue weighted by molar-refractivity contribution is 5.94. The van der Waals surface area contributed by atoms with Gasteiger partial charge in [-0.1, -0.05) is 24.3 Å². The summed E-state index contributed by atoms with van der Waals surface area (Å²) in [4.78, 5) is 19.2. The molecule has 1 amide bonds. The number of nitrogen functional groups attached to an aromatic ring is 1. The van der Waals surface area contributed by atoms with E-state index in [1.165, 1.54) is 11.1 Å². The highest BCUT2D eigenvalue weighted by Gasteiger charge is 2.47. The number of nitrogens with one attached hydrogen (secondary N) is 1. The zero-order valence-corrected chi connectivity index (χ0v) is 13.8. The van der Waals surface area contributed by atoms with E-state index in [9.17, 15) is 4.79 Å². The fraction of sp³-hybridized carbons (Fsp3) is 0.368. The van der Waals surface area contributed by atoms with Crippen LogP contribution in [-0.4, -0.2) is 35.4 Å². The van der Waals surface area contributed by atoms with Gasteiger partial charge in [-0.15, -0.1) is 0 Å². The molecule has 124 valence electrons. The first kappa shape index (κ1) is 15.1. The van der Waals surface area contributed by atoms with Gasteiger partial charge in [-0.2, -0.15) is 0 Å². The van der Waals surface area contributed by atoms with Gasteiger partial charge in [-0.25, -0.2) is 4.98 Å². The van der Waals surface area contributed by atoms with Crippen molar-refractivity contribution in [3.63, 3.8) is 0 Å². The molecule has 4 rings (SSSR count). The topological polar surface area (TPSA) is 71.2 Å². The summed E-state index contributed by atoms with van der Waals surface area (Å²) in [5.74, 6) is 1.46. The summed E-state index contributed by atoms with van der Waals surface area (Å²) in [5.41, 5.74) is 8.75. The van der Waals surface area contributed by atoms with Gasteiger partial charge in [0.05, 0.1) is 11.6 Å². The molecule has 0 unspecified atom stereocenters. The molecule has 3 N–H and O–H groups in total. The quantitative estimate of drug-likeness (QED) is 0.887. The minimum atomic E-state index is 0.0464. The van der Waals surface area contributed by atoms with Crippen molar-refractivity contribution in [3.8, 4) is 0 Å². The number of carbonyl (C=O) groups is 1. The molecule has 2 aliphatic rings. The molecule has 2 fully saturated rings. The lowest BCUT2D eigenvalue weighted by Crippen LogP contribution is -2.35. The molecule has 3 atom stereocenters. The van der Waals surface area contributed by atoms with Crippen molar-refractivity contribution in [2.24, 2.45) is 11.8 Å². The number of fused-ring (bicyclic) bond motifs is 1. The molecule has 2 saturated heterocycles. The van der Waals surface area contributed by atoms with Crippen LogP contribution in [0.1, 0.15) is 27.5 Å². The first-order chi connectivity index (χ1) is 11.6. The second-order valence-electron chi connectivity index (χ2n) is 6.81. The minimum Gasteiger partial charge on any atom is -0.384 e. The molecule has 0 saturated carbocycles. The number of anilines is 1. The number of nitrogens with two attached hydrogens (primary N) is 1. The van der Waals surface area contributed by atoms with Crippen LogP contribution in [0.2, 0.25) is 0 Å². The minimum absolute atomic E-state index is 0.0464. The third kappa shape index (κ3) is 2.45. The number of amides is 1. The molecule has 0 spiro atoms. The summed E-state index contributed by atoms with van der Waals surface area (Å²) >= 11 is 0.